The molecule has 1 N–H and O–H groups in total. The Labute approximate surface area is 202 Å². The van der Waals surface area contributed by atoms with Crippen LogP contribution in [0.3, 0.4) is 0 Å². The highest BCUT2D eigenvalue weighted by Gasteiger charge is 2.46. The van der Waals surface area contributed by atoms with E-state index in [2.05, 4.69) is 47.5 Å². The van der Waals surface area contributed by atoms with Gasteiger partial charge in [-0.05, 0) is 61.4 Å². The average molecular weight is 474 g/mol. The third-order valence-electron chi connectivity index (χ3n) is 7.25. The number of benzene rings is 2. The lowest BCUT2D eigenvalue weighted by Crippen LogP contribution is -2.64. The molecule has 6 rings (SSSR count). The third-order valence-corrected chi connectivity index (χ3v) is 8.39. The van der Waals surface area contributed by atoms with Gasteiger partial charge in [0.25, 0.3) is 5.91 Å². The number of pyridine rings is 1. The minimum atomic E-state index is -0.535. The minimum Gasteiger partial charge on any atom is -0.502 e. The molecular formula is C27H27N3O3S. The van der Waals surface area contributed by atoms with Crippen LogP contribution in [0.2, 0.25) is 0 Å². The van der Waals surface area contributed by atoms with Crippen molar-refractivity contribution >= 4 is 17.7 Å². The standard InChI is InChI=1S/C27H27N3O3S/c1-16(2)29-22-12-6-8-17-7-5-9-18-15-34-21-11-4-3-10-19(21)24(23(17)18)30(22)28-14-13-20(31)26(32)25(28)27(29)33/h3-5,7,9-11,13-14,16,22,24,32H,6,8,12,15H2,1-2H3/t22-,24+/m1/s1. The maximum atomic E-state index is 13.7. The molecular weight excluding hydrogens is 446 g/mol. The van der Waals surface area contributed by atoms with E-state index in [1.165, 1.54) is 33.2 Å². The van der Waals surface area contributed by atoms with E-state index in [0.29, 0.717) is 0 Å². The zero-order chi connectivity index (χ0) is 23.6. The number of aryl methyl sites for hydroxylation is 1. The smallest absolute Gasteiger partial charge is 0.278 e. The number of fused-ring (bicyclic) bond motifs is 6. The molecule has 0 radical (unpaired) electrons. The van der Waals surface area contributed by atoms with Crippen LogP contribution in [0.15, 0.2) is 64.4 Å². The average Bonchev–Trinajstić information content (AvgIpc) is 2.97. The number of aromatic nitrogens is 1. The highest BCUT2D eigenvalue weighted by Crippen LogP contribution is 2.47. The number of hydrogen-bond acceptors (Lipinski definition) is 5. The Morgan fingerprint density at radius 3 is 2.65 bits per heavy atom. The van der Waals surface area contributed by atoms with Gasteiger partial charge in [0.15, 0.2) is 11.4 Å². The van der Waals surface area contributed by atoms with Gasteiger partial charge in [-0.25, -0.2) is 0 Å². The van der Waals surface area contributed by atoms with Crippen molar-refractivity contribution in [2.45, 2.75) is 62.0 Å². The van der Waals surface area contributed by atoms with Crippen LogP contribution in [0, 0.1) is 0 Å². The number of carbonyl (C=O) groups is 1. The zero-order valence-electron chi connectivity index (χ0n) is 19.3. The van der Waals surface area contributed by atoms with Crippen molar-refractivity contribution in [2.75, 3.05) is 5.01 Å². The molecule has 4 heterocycles. The fourth-order valence-corrected chi connectivity index (χ4v) is 6.93. The van der Waals surface area contributed by atoms with Crippen molar-refractivity contribution in [3.05, 3.63) is 92.9 Å². The van der Waals surface area contributed by atoms with Crippen LogP contribution >= 0.6 is 11.8 Å². The van der Waals surface area contributed by atoms with Crippen LogP contribution < -0.4 is 10.4 Å². The number of thioether (sulfide) groups is 1. The van der Waals surface area contributed by atoms with E-state index in [-0.39, 0.29) is 29.9 Å². The van der Waals surface area contributed by atoms with E-state index in [1.54, 1.807) is 10.9 Å². The molecule has 34 heavy (non-hydrogen) atoms. The molecule has 0 unspecified atom stereocenters. The molecule has 0 fully saturated rings. The predicted octanol–water partition coefficient (Wildman–Crippen LogP) is 4.41. The van der Waals surface area contributed by atoms with E-state index in [9.17, 15) is 14.7 Å². The Morgan fingerprint density at radius 2 is 1.82 bits per heavy atom. The molecule has 0 bridgehead atoms. The topological polar surface area (TPSA) is 65.8 Å². The normalized spacial score (nSPS) is 21.1. The first-order valence-electron chi connectivity index (χ1n) is 11.9. The molecule has 6 nitrogen and oxygen atoms in total. The van der Waals surface area contributed by atoms with E-state index in [1.807, 2.05) is 30.5 Å². The molecule has 3 aliphatic heterocycles. The van der Waals surface area contributed by atoms with Crippen molar-refractivity contribution in [3.63, 3.8) is 0 Å². The number of carbonyl (C=O) groups excluding carboxylic acids is 1. The van der Waals surface area contributed by atoms with Crippen LogP contribution in [0.1, 0.15) is 65.5 Å². The summed E-state index contributed by atoms with van der Waals surface area (Å²) in [5.74, 6) is 0.102. The lowest BCUT2D eigenvalue weighted by atomic mass is 9.85. The fourth-order valence-electron chi connectivity index (χ4n) is 5.84. The summed E-state index contributed by atoms with van der Waals surface area (Å²) in [7, 11) is 0. The fraction of sp³-hybridized carbons (Fsp3) is 0.333. The highest BCUT2D eigenvalue weighted by molar-refractivity contribution is 7.98. The molecule has 3 aromatic rings. The van der Waals surface area contributed by atoms with Gasteiger partial charge in [-0.3, -0.25) is 19.3 Å². The Balaban J connectivity index is 1.71. The Kier molecular flexibility index (Phi) is 4.99. The molecule has 1 aromatic heterocycles. The number of hydrogen-bond donors (Lipinski definition) is 1. The molecule has 3 aliphatic rings. The first-order chi connectivity index (χ1) is 16.5. The molecule has 7 heteroatoms. The Morgan fingerprint density at radius 1 is 1.03 bits per heavy atom. The van der Waals surface area contributed by atoms with Crippen molar-refractivity contribution in [1.82, 2.24) is 9.58 Å². The zero-order valence-corrected chi connectivity index (χ0v) is 20.1. The lowest BCUT2D eigenvalue weighted by Gasteiger charge is -2.52. The van der Waals surface area contributed by atoms with Crippen molar-refractivity contribution < 1.29 is 9.90 Å². The van der Waals surface area contributed by atoms with Gasteiger partial charge < -0.3 is 10.0 Å². The number of amides is 1. The number of nitrogens with zero attached hydrogens (tertiary/aromatic N) is 3. The van der Waals surface area contributed by atoms with Crippen LogP contribution in [-0.4, -0.2) is 32.8 Å². The summed E-state index contributed by atoms with van der Waals surface area (Å²) in [5.41, 5.74) is 4.61. The summed E-state index contributed by atoms with van der Waals surface area (Å²) >= 11 is 1.84. The second kappa shape index (κ2) is 7.94. The second-order valence-corrected chi connectivity index (χ2v) is 10.5. The Hall–Kier alpha value is -3.19. The largest absolute Gasteiger partial charge is 0.502 e. The van der Waals surface area contributed by atoms with Crippen LogP contribution in [-0.2, 0) is 12.2 Å². The van der Waals surface area contributed by atoms with Crippen molar-refractivity contribution in [1.29, 1.82) is 0 Å². The lowest BCUT2D eigenvalue weighted by molar-refractivity contribution is 0.0440. The Bertz CT molecular complexity index is 1370. The number of aromatic hydroxyl groups is 1. The van der Waals surface area contributed by atoms with Gasteiger partial charge in [0.05, 0.1) is 6.04 Å². The molecule has 0 saturated carbocycles. The van der Waals surface area contributed by atoms with E-state index >= 15 is 0 Å². The summed E-state index contributed by atoms with van der Waals surface area (Å²) in [4.78, 5) is 29.2. The van der Waals surface area contributed by atoms with E-state index < -0.39 is 11.2 Å². The number of rotatable bonds is 1. The van der Waals surface area contributed by atoms with Gasteiger partial charge in [0, 0.05) is 29.0 Å². The summed E-state index contributed by atoms with van der Waals surface area (Å²) in [6, 6.07) is 16.2. The van der Waals surface area contributed by atoms with Gasteiger partial charge in [0.1, 0.15) is 6.17 Å². The van der Waals surface area contributed by atoms with Gasteiger partial charge >= 0.3 is 0 Å². The van der Waals surface area contributed by atoms with E-state index in [4.69, 9.17) is 0 Å². The molecule has 0 saturated heterocycles. The molecule has 0 spiro atoms. The quantitative estimate of drug-likeness (QED) is 0.567. The molecule has 0 aliphatic carbocycles. The van der Waals surface area contributed by atoms with Crippen molar-refractivity contribution in [3.8, 4) is 5.75 Å². The van der Waals surface area contributed by atoms with E-state index in [0.717, 1.165) is 25.0 Å². The van der Waals surface area contributed by atoms with Crippen LogP contribution in [0.4, 0.5) is 0 Å². The van der Waals surface area contributed by atoms with Gasteiger partial charge in [-0.2, -0.15) is 0 Å². The summed E-state index contributed by atoms with van der Waals surface area (Å²) < 4.78 is 1.76. The van der Waals surface area contributed by atoms with Crippen molar-refractivity contribution in [2.24, 2.45) is 0 Å². The highest BCUT2D eigenvalue weighted by atomic mass is 32.2. The van der Waals surface area contributed by atoms with Crippen LogP contribution in [0.25, 0.3) is 0 Å². The molecule has 2 atom stereocenters. The summed E-state index contributed by atoms with van der Waals surface area (Å²) in [5, 5.41) is 13.0. The maximum Gasteiger partial charge on any atom is 0.278 e. The monoisotopic (exact) mass is 473 g/mol. The first kappa shape index (κ1) is 21.4. The molecule has 174 valence electrons. The second-order valence-electron chi connectivity index (χ2n) is 9.50. The minimum absolute atomic E-state index is 0.0476. The van der Waals surface area contributed by atoms with Gasteiger partial charge in [0.2, 0.25) is 5.43 Å². The summed E-state index contributed by atoms with van der Waals surface area (Å²) in [6.07, 6.45) is 4.15. The first-order valence-corrected chi connectivity index (χ1v) is 12.8. The summed E-state index contributed by atoms with van der Waals surface area (Å²) in [6.45, 7) is 4.00. The predicted molar refractivity (Wildman–Crippen MR) is 133 cm³/mol. The molecule has 2 aromatic carbocycles. The molecule has 1 amide bonds. The van der Waals surface area contributed by atoms with Gasteiger partial charge in [-0.1, -0.05) is 36.4 Å². The third kappa shape index (κ3) is 3.03. The SMILES string of the molecule is CC(C)N1C(=O)c2c(O)c(=O)ccn2N2[C@H]3c4ccccc4SCc4cccc(c43)CCC[C@H]12. The van der Waals surface area contributed by atoms with Gasteiger partial charge in [-0.15, -0.1) is 11.8 Å². The van der Waals surface area contributed by atoms with Crippen LogP contribution in [0.5, 0.6) is 5.75 Å². The maximum absolute atomic E-state index is 13.7.